The van der Waals surface area contributed by atoms with Crippen molar-refractivity contribution in [3.63, 3.8) is 0 Å². The smallest absolute Gasteiger partial charge is 0.287 e. The van der Waals surface area contributed by atoms with Crippen LogP contribution in [0, 0.1) is 10.1 Å². The Balaban J connectivity index is 2.07. The number of nitro groups is 1. The van der Waals surface area contributed by atoms with E-state index in [4.69, 9.17) is 11.6 Å². The molecule has 2 aromatic rings. The molecular weight excluding hydrogens is 312 g/mol. The van der Waals surface area contributed by atoms with Crippen molar-refractivity contribution in [2.45, 2.75) is 19.3 Å². The number of nitrogens with zero attached hydrogens (tertiary/aromatic N) is 2. The molecule has 0 unspecified atom stereocenters. The van der Waals surface area contributed by atoms with Crippen molar-refractivity contribution in [1.82, 2.24) is 4.90 Å². The fourth-order valence-electron chi connectivity index (χ4n) is 2.60. The SMILES string of the molecule is O=C(c1sc2c([N+](=O)[O-])cccc2c1Cl)N1CCCCC1. The summed E-state index contributed by atoms with van der Waals surface area (Å²) in [7, 11) is 0. The third kappa shape index (κ3) is 2.49. The number of hydrogen-bond donors (Lipinski definition) is 0. The van der Waals surface area contributed by atoms with Gasteiger partial charge in [0, 0.05) is 24.5 Å². The molecule has 0 aliphatic carbocycles. The van der Waals surface area contributed by atoms with Crippen molar-refractivity contribution in [2.24, 2.45) is 0 Å². The average molecular weight is 325 g/mol. The predicted octanol–water partition coefficient (Wildman–Crippen LogP) is 4.09. The van der Waals surface area contributed by atoms with Crippen LogP contribution in [0.3, 0.4) is 0 Å². The summed E-state index contributed by atoms with van der Waals surface area (Å²) in [6.45, 7) is 1.46. The second kappa shape index (κ2) is 5.61. The Hall–Kier alpha value is -1.66. The molecule has 5 nitrogen and oxygen atoms in total. The first-order valence-electron chi connectivity index (χ1n) is 6.74. The van der Waals surface area contributed by atoms with Crippen LogP contribution in [0.15, 0.2) is 18.2 Å². The normalized spacial score (nSPS) is 15.4. The number of non-ortho nitro benzene ring substituents is 1. The molecule has 0 radical (unpaired) electrons. The summed E-state index contributed by atoms with van der Waals surface area (Å²) in [6, 6.07) is 4.74. The lowest BCUT2D eigenvalue weighted by atomic mass is 10.1. The van der Waals surface area contributed by atoms with Crippen LogP contribution in [0.25, 0.3) is 10.1 Å². The molecule has 0 atom stereocenters. The zero-order valence-corrected chi connectivity index (χ0v) is 12.7. The maximum absolute atomic E-state index is 12.6. The lowest BCUT2D eigenvalue weighted by molar-refractivity contribution is -0.382. The Morgan fingerprint density at radius 1 is 1.29 bits per heavy atom. The first-order valence-corrected chi connectivity index (χ1v) is 7.93. The third-order valence-corrected chi connectivity index (χ3v) is 5.39. The highest BCUT2D eigenvalue weighted by Crippen LogP contribution is 2.40. The van der Waals surface area contributed by atoms with Gasteiger partial charge in [-0.05, 0) is 19.3 Å². The summed E-state index contributed by atoms with van der Waals surface area (Å²) in [5.74, 6) is -0.116. The van der Waals surface area contributed by atoms with E-state index < -0.39 is 4.92 Å². The molecule has 1 aromatic carbocycles. The standard InChI is InChI=1S/C14H13ClN2O3S/c15-11-9-5-4-6-10(17(19)20)12(9)21-13(11)14(18)16-7-2-1-3-8-16/h4-6H,1-3,7-8H2. The summed E-state index contributed by atoms with van der Waals surface area (Å²) < 4.78 is 0.466. The first-order chi connectivity index (χ1) is 10.1. The molecule has 1 saturated heterocycles. The summed E-state index contributed by atoms with van der Waals surface area (Å²) in [5, 5.41) is 12.0. The lowest BCUT2D eigenvalue weighted by Gasteiger charge is -2.26. The second-order valence-corrected chi connectivity index (χ2v) is 6.41. The Labute approximate surface area is 130 Å². The number of piperidine rings is 1. The fraction of sp³-hybridized carbons (Fsp3) is 0.357. The largest absolute Gasteiger partial charge is 0.338 e. The summed E-state index contributed by atoms with van der Waals surface area (Å²) in [6.07, 6.45) is 3.12. The van der Waals surface area contributed by atoms with Crippen molar-refractivity contribution in [2.75, 3.05) is 13.1 Å². The van der Waals surface area contributed by atoms with E-state index in [1.807, 2.05) is 0 Å². The molecule has 1 aliphatic heterocycles. The van der Waals surface area contributed by atoms with Gasteiger partial charge in [-0.25, -0.2) is 0 Å². The number of amides is 1. The highest BCUT2D eigenvalue weighted by molar-refractivity contribution is 7.22. The van der Waals surface area contributed by atoms with E-state index >= 15 is 0 Å². The molecule has 0 bridgehead atoms. The molecule has 1 aromatic heterocycles. The molecule has 0 saturated carbocycles. The van der Waals surface area contributed by atoms with Crippen LogP contribution in [0.4, 0.5) is 5.69 Å². The van der Waals surface area contributed by atoms with Gasteiger partial charge in [-0.2, -0.15) is 0 Å². The topological polar surface area (TPSA) is 63.4 Å². The third-order valence-electron chi connectivity index (χ3n) is 3.67. The van der Waals surface area contributed by atoms with Crippen LogP contribution in [0.5, 0.6) is 0 Å². The molecule has 1 fully saturated rings. The van der Waals surface area contributed by atoms with Gasteiger partial charge < -0.3 is 4.90 Å². The van der Waals surface area contributed by atoms with Crippen molar-refractivity contribution in [3.8, 4) is 0 Å². The molecule has 1 amide bonds. The van der Waals surface area contributed by atoms with Gasteiger partial charge in [-0.15, -0.1) is 11.3 Å². The van der Waals surface area contributed by atoms with Gasteiger partial charge >= 0.3 is 0 Å². The summed E-state index contributed by atoms with van der Waals surface area (Å²) in [4.78, 5) is 25.4. The van der Waals surface area contributed by atoms with Crippen molar-refractivity contribution in [1.29, 1.82) is 0 Å². The monoisotopic (exact) mass is 324 g/mol. The number of hydrogen-bond acceptors (Lipinski definition) is 4. The number of thiophene rings is 1. The summed E-state index contributed by atoms with van der Waals surface area (Å²) in [5.41, 5.74) is -0.00269. The van der Waals surface area contributed by atoms with E-state index in [0.717, 1.165) is 43.7 Å². The Bertz CT molecular complexity index is 722. The number of nitro benzene ring substituents is 1. The minimum absolute atomic E-state index is 0.00269. The van der Waals surface area contributed by atoms with E-state index in [1.165, 1.54) is 6.07 Å². The molecular formula is C14H13ClN2O3S. The van der Waals surface area contributed by atoms with Crippen LogP contribution in [0.1, 0.15) is 28.9 Å². The second-order valence-electron chi connectivity index (χ2n) is 5.01. The first kappa shape index (κ1) is 14.3. The average Bonchev–Trinajstić information content (AvgIpc) is 2.84. The van der Waals surface area contributed by atoms with Crippen molar-refractivity contribution in [3.05, 3.63) is 38.2 Å². The zero-order chi connectivity index (χ0) is 15.0. The van der Waals surface area contributed by atoms with Gasteiger partial charge in [-0.3, -0.25) is 14.9 Å². The Morgan fingerprint density at radius 3 is 2.67 bits per heavy atom. The molecule has 110 valence electrons. The van der Waals surface area contributed by atoms with E-state index in [1.54, 1.807) is 17.0 Å². The zero-order valence-electron chi connectivity index (χ0n) is 11.2. The highest BCUT2D eigenvalue weighted by atomic mass is 35.5. The Kier molecular flexibility index (Phi) is 3.82. The quantitative estimate of drug-likeness (QED) is 0.617. The van der Waals surface area contributed by atoms with Crippen LogP contribution in [-0.2, 0) is 0 Å². The van der Waals surface area contributed by atoms with Crippen LogP contribution in [0.2, 0.25) is 5.02 Å². The number of carbonyl (C=O) groups excluding carboxylic acids is 1. The van der Waals surface area contributed by atoms with E-state index in [-0.39, 0.29) is 11.6 Å². The van der Waals surface area contributed by atoms with Crippen LogP contribution in [-0.4, -0.2) is 28.8 Å². The van der Waals surface area contributed by atoms with Crippen molar-refractivity contribution >= 4 is 44.6 Å². The van der Waals surface area contributed by atoms with Gasteiger partial charge in [0.15, 0.2) is 0 Å². The number of fused-ring (bicyclic) bond motifs is 1. The van der Waals surface area contributed by atoms with E-state index in [2.05, 4.69) is 0 Å². The molecule has 1 aliphatic rings. The van der Waals surface area contributed by atoms with Gasteiger partial charge in [0.05, 0.1) is 9.95 Å². The minimum atomic E-state index is -0.440. The highest BCUT2D eigenvalue weighted by Gasteiger charge is 2.26. The van der Waals surface area contributed by atoms with Gasteiger partial charge in [0.1, 0.15) is 9.58 Å². The molecule has 21 heavy (non-hydrogen) atoms. The molecule has 3 rings (SSSR count). The van der Waals surface area contributed by atoms with E-state index in [0.29, 0.717) is 20.0 Å². The maximum atomic E-state index is 12.6. The number of benzene rings is 1. The maximum Gasteiger partial charge on any atom is 0.287 e. The number of carbonyl (C=O) groups is 1. The van der Waals surface area contributed by atoms with Gasteiger partial charge in [-0.1, -0.05) is 23.7 Å². The number of rotatable bonds is 2. The van der Waals surface area contributed by atoms with E-state index in [9.17, 15) is 14.9 Å². The van der Waals surface area contributed by atoms with Gasteiger partial charge in [0.25, 0.3) is 11.6 Å². The Morgan fingerprint density at radius 2 is 2.00 bits per heavy atom. The number of likely N-dealkylation sites (tertiary alicyclic amines) is 1. The number of halogens is 1. The van der Waals surface area contributed by atoms with Crippen LogP contribution >= 0.6 is 22.9 Å². The minimum Gasteiger partial charge on any atom is -0.338 e. The molecule has 0 N–H and O–H groups in total. The van der Waals surface area contributed by atoms with Crippen molar-refractivity contribution < 1.29 is 9.72 Å². The van der Waals surface area contributed by atoms with Gasteiger partial charge in [0.2, 0.25) is 0 Å². The molecule has 7 heteroatoms. The fourth-order valence-corrected chi connectivity index (χ4v) is 4.15. The predicted molar refractivity (Wildman–Crippen MR) is 83.2 cm³/mol. The molecule has 2 heterocycles. The lowest BCUT2D eigenvalue weighted by Crippen LogP contribution is -2.35. The molecule has 0 spiro atoms. The summed E-state index contributed by atoms with van der Waals surface area (Å²) >= 11 is 7.40. The van der Waals surface area contributed by atoms with Crippen LogP contribution < -0.4 is 0 Å².